The number of methoxy groups -OCH3 is 1. The molecule has 0 rings (SSSR count). The van der Waals surface area contributed by atoms with Crippen LogP contribution in [0.15, 0.2) is 0 Å². The summed E-state index contributed by atoms with van der Waals surface area (Å²) in [5.74, 6) is -1.81. The molecule has 6 nitrogen and oxygen atoms in total. The van der Waals surface area contributed by atoms with Crippen molar-refractivity contribution in [3.63, 3.8) is 0 Å². The first kappa shape index (κ1) is 15.9. The third kappa shape index (κ3) is 7.70. The van der Waals surface area contributed by atoms with E-state index in [1.807, 2.05) is 0 Å². The van der Waals surface area contributed by atoms with Gasteiger partial charge in [-0.2, -0.15) is 0 Å². The molecule has 0 saturated heterocycles. The van der Waals surface area contributed by atoms with Crippen molar-refractivity contribution < 1.29 is 24.2 Å². The highest BCUT2D eigenvalue weighted by Gasteiger charge is 2.21. The summed E-state index contributed by atoms with van der Waals surface area (Å²) in [6, 6.07) is 0. The van der Waals surface area contributed by atoms with E-state index in [4.69, 9.17) is 14.6 Å². The topological polar surface area (TPSA) is 84.9 Å². The van der Waals surface area contributed by atoms with Crippen LogP contribution < -0.4 is 5.32 Å². The number of ether oxygens (including phenoxy) is 2. The van der Waals surface area contributed by atoms with Gasteiger partial charge in [0, 0.05) is 13.7 Å². The lowest BCUT2D eigenvalue weighted by Gasteiger charge is -2.16. The lowest BCUT2D eigenvalue weighted by atomic mass is 9.96. The lowest BCUT2D eigenvalue weighted by molar-refractivity contribution is -0.143. The highest BCUT2D eigenvalue weighted by atomic mass is 16.5. The van der Waals surface area contributed by atoms with Gasteiger partial charge < -0.3 is 19.9 Å². The summed E-state index contributed by atoms with van der Waals surface area (Å²) in [4.78, 5) is 22.1. The van der Waals surface area contributed by atoms with Gasteiger partial charge in [0.25, 0.3) is 0 Å². The molecule has 2 N–H and O–H groups in total. The quantitative estimate of drug-likeness (QED) is 0.565. The van der Waals surface area contributed by atoms with Crippen LogP contribution in [-0.2, 0) is 19.1 Å². The van der Waals surface area contributed by atoms with Gasteiger partial charge in [-0.15, -0.1) is 0 Å². The molecule has 0 aliphatic heterocycles. The number of nitrogens with one attached hydrogen (secondary N) is 1. The van der Waals surface area contributed by atoms with E-state index in [1.54, 1.807) is 21.0 Å². The number of rotatable bonds is 9. The second-order valence-corrected chi connectivity index (χ2v) is 4.04. The molecule has 0 aromatic heterocycles. The molecule has 0 heterocycles. The first-order chi connectivity index (χ1) is 7.99. The summed E-state index contributed by atoms with van der Waals surface area (Å²) < 4.78 is 9.75. The molecule has 1 atom stereocenters. The largest absolute Gasteiger partial charge is 0.481 e. The van der Waals surface area contributed by atoms with Crippen LogP contribution in [0, 0.1) is 11.8 Å². The molecule has 0 saturated carbocycles. The zero-order valence-corrected chi connectivity index (χ0v) is 10.6. The Hall–Kier alpha value is -1.14. The van der Waals surface area contributed by atoms with Crippen molar-refractivity contribution in [1.82, 2.24) is 5.32 Å². The Morgan fingerprint density at radius 1 is 1.29 bits per heavy atom. The number of carboxylic acids is 1. The minimum atomic E-state index is -0.902. The van der Waals surface area contributed by atoms with E-state index in [0.29, 0.717) is 13.2 Å². The molecule has 0 bridgehead atoms. The molecule has 100 valence electrons. The molecular formula is C11H21NO5. The Labute approximate surface area is 101 Å². The fourth-order valence-corrected chi connectivity index (χ4v) is 1.19. The molecule has 0 aliphatic carbocycles. The zero-order chi connectivity index (χ0) is 13.3. The second-order valence-electron chi connectivity index (χ2n) is 4.04. The predicted molar refractivity (Wildman–Crippen MR) is 61.7 cm³/mol. The number of amides is 1. The molecule has 17 heavy (non-hydrogen) atoms. The number of carbonyl (C=O) groups is 2. The van der Waals surface area contributed by atoms with Crippen LogP contribution in [-0.4, -0.2) is 50.5 Å². The highest BCUT2D eigenvalue weighted by Crippen LogP contribution is 2.09. The Bertz CT molecular complexity index is 242. The first-order valence-corrected chi connectivity index (χ1v) is 5.55. The summed E-state index contributed by atoms with van der Waals surface area (Å²) in [6.07, 6.45) is 0. The van der Waals surface area contributed by atoms with E-state index in [9.17, 15) is 9.59 Å². The molecule has 0 spiro atoms. The van der Waals surface area contributed by atoms with Crippen molar-refractivity contribution in [2.45, 2.75) is 13.8 Å². The van der Waals surface area contributed by atoms with Crippen molar-refractivity contribution in [2.24, 2.45) is 11.8 Å². The van der Waals surface area contributed by atoms with Gasteiger partial charge >= 0.3 is 5.97 Å². The maximum absolute atomic E-state index is 11.3. The minimum Gasteiger partial charge on any atom is -0.481 e. The maximum atomic E-state index is 11.3. The van der Waals surface area contributed by atoms with Crippen LogP contribution in [0.4, 0.5) is 0 Å². The number of aliphatic carboxylic acids is 1. The first-order valence-electron chi connectivity index (χ1n) is 5.55. The van der Waals surface area contributed by atoms with E-state index < -0.39 is 11.9 Å². The standard InChI is InChI=1S/C11H21NO5/c1-8(2)9(11(14)15)6-12-10(13)7-17-5-4-16-3/h8-9H,4-7H2,1-3H3,(H,12,13)(H,14,15). The predicted octanol–water partition coefficient (Wildman–Crippen LogP) is 0.122. The molecule has 0 aromatic rings. The van der Waals surface area contributed by atoms with Crippen LogP contribution in [0.25, 0.3) is 0 Å². The average molecular weight is 247 g/mol. The molecule has 0 radical (unpaired) electrons. The second kappa shape index (κ2) is 8.95. The van der Waals surface area contributed by atoms with E-state index in [-0.39, 0.29) is 25.0 Å². The van der Waals surface area contributed by atoms with Crippen molar-refractivity contribution in [1.29, 1.82) is 0 Å². The van der Waals surface area contributed by atoms with Gasteiger partial charge in [-0.3, -0.25) is 9.59 Å². The van der Waals surface area contributed by atoms with Gasteiger partial charge in [-0.1, -0.05) is 13.8 Å². The molecule has 0 aromatic carbocycles. The fourth-order valence-electron chi connectivity index (χ4n) is 1.19. The van der Waals surface area contributed by atoms with Crippen molar-refractivity contribution in [3.8, 4) is 0 Å². The summed E-state index contributed by atoms with van der Waals surface area (Å²) in [5, 5.41) is 11.4. The van der Waals surface area contributed by atoms with Gasteiger partial charge in [0.05, 0.1) is 19.1 Å². The zero-order valence-electron chi connectivity index (χ0n) is 10.6. The van der Waals surface area contributed by atoms with E-state index in [1.165, 1.54) is 0 Å². The Morgan fingerprint density at radius 3 is 2.41 bits per heavy atom. The Balaban J connectivity index is 3.77. The molecule has 0 aliphatic rings. The minimum absolute atomic E-state index is 0.0257. The highest BCUT2D eigenvalue weighted by molar-refractivity contribution is 5.78. The van der Waals surface area contributed by atoms with Crippen LogP contribution in [0.1, 0.15) is 13.8 Å². The van der Waals surface area contributed by atoms with Gasteiger partial charge in [0.2, 0.25) is 5.91 Å². The number of carboxylic acid groups (broad SMARTS) is 1. The molecule has 6 heteroatoms. The van der Waals surface area contributed by atoms with E-state index in [2.05, 4.69) is 5.32 Å². The third-order valence-corrected chi connectivity index (χ3v) is 2.31. The molecule has 0 fully saturated rings. The van der Waals surface area contributed by atoms with Gasteiger partial charge in [0.15, 0.2) is 0 Å². The average Bonchev–Trinajstić information content (AvgIpc) is 2.23. The number of hydrogen-bond donors (Lipinski definition) is 2. The number of carbonyl (C=O) groups excluding carboxylic acids is 1. The summed E-state index contributed by atoms with van der Waals surface area (Å²) in [7, 11) is 1.55. The van der Waals surface area contributed by atoms with Crippen LogP contribution >= 0.6 is 0 Å². The van der Waals surface area contributed by atoms with Gasteiger partial charge in [-0.05, 0) is 5.92 Å². The smallest absolute Gasteiger partial charge is 0.308 e. The number of hydrogen-bond acceptors (Lipinski definition) is 4. The fraction of sp³-hybridized carbons (Fsp3) is 0.818. The monoisotopic (exact) mass is 247 g/mol. The Morgan fingerprint density at radius 2 is 1.94 bits per heavy atom. The van der Waals surface area contributed by atoms with Crippen molar-refractivity contribution in [2.75, 3.05) is 33.5 Å². The molecular weight excluding hydrogens is 226 g/mol. The third-order valence-electron chi connectivity index (χ3n) is 2.31. The van der Waals surface area contributed by atoms with Crippen LogP contribution in [0.2, 0.25) is 0 Å². The van der Waals surface area contributed by atoms with E-state index >= 15 is 0 Å². The maximum Gasteiger partial charge on any atom is 0.308 e. The Kier molecular flexibility index (Phi) is 8.35. The summed E-state index contributed by atoms with van der Waals surface area (Å²) >= 11 is 0. The normalized spacial score (nSPS) is 12.5. The summed E-state index contributed by atoms with van der Waals surface area (Å²) in [5.41, 5.74) is 0. The molecule has 1 amide bonds. The van der Waals surface area contributed by atoms with Crippen molar-refractivity contribution >= 4 is 11.9 Å². The van der Waals surface area contributed by atoms with E-state index in [0.717, 1.165) is 0 Å². The van der Waals surface area contributed by atoms with Gasteiger partial charge in [-0.25, -0.2) is 0 Å². The lowest BCUT2D eigenvalue weighted by Crippen LogP contribution is -2.37. The van der Waals surface area contributed by atoms with Crippen LogP contribution in [0.3, 0.4) is 0 Å². The summed E-state index contributed by atoms with van der Waals surface area (Å²) in [6.45, 7) is 4.43. The van der Waals surface area contributed by atoms with Crippen molar-refractivity contribution in [3.05, 3.63) is 0 Å². The SMILES string of the molecule is COCCOCC(=O)NCC(C(=O)O)C(C)C. The molecule has 1 unspecified atom stereocenters. The van der Waals surface area contributed by atoms with Gasteiger partial charge in [0.1, 0.15) is 6.61 Å². The van der Waals surface area contributed by atoms with Crippen LogP contribution in [0.5, 0.6) is 0 Å².